The predicted octanol–water partition coefficient (Wildman–Crippen LogP) is 6.98. The average Bonchev–Trinajstić information content (AvgIpc) is 3.14. The molecule has 0 aliphatic heterocycles. The molecule has 1 unspecified atom stereocenters. The first-order valence-electron chi connectivity index (χ1n) is 11.8. The van der Waals surface area contributed by atoms with E-state index in [2.05, 4.69) is 26.0 Å². The van der Waals surface area contributed by atoms with Crippen molar-refractivity contribution in [1.82, 2.24) is 0 Å². The lowest BCUT2D eigenvalue weighted by molar-refractivity contribution is -0.173. The van der Waals surface area contributed by atoms with Crippen molar-refractivity contribution in [2.75, 3.05) is 0 Å². The Morgan fingerprint density at radius 3 is 2.04 bits per heavy atom. The molecule has 0 heterocycles. The first kappa shape index (κ1) is 18.1. The van der Waals surface area contributed by atoms with Crippen molar-refractivity contribution in [2.45, 2.75) is 84.5 Å². The van der Waals surface area contributed by atoms with E-state index in [1.54, 1.807) is 0 Å². The molecular weight excluding hydrogens is 328 g/mol. The average molecular weight is 367 g/mol. The molecule has 0 amide bonds. The first-order chi connectivity index (χ1) is 13.0. The van der Waals surface area contributed by atoms with Crippen molar-refractivity contribution >= 4 is 0 Å². The van der Waals surface area contributed by atoms with Crippen LogP contribution in [0.1, 0.15) is 83.6 Å². The molecule has 148 valence electrons. The molecule has 5 fully saturated rings. The molecule has 0 aromatic heterocycles. The Labute approximate surface area is 166 Å². The third kappa shape index (κ3) is 2.70. The Kier molecular flexibility index (Phi) is 4.37. The fraction of sp³-hybridized carbons (Fsp3) is 0.769. The summed E-state index contributed by atoms with van der Waals surface area (Å²) >= 11 is 0. The van der Waals surface area contributed by atoms with Gasteiger partial charge in [0.25, 0.3) is 0 Å². The summed E-state index contributed by atoms with van der Waals surface area (Å²) < 4.78 is 0. The predicted molar refractivity (Wildman–Crippen MR) is 112 cm³/mol. The van der Waals surface area contributed by atoms with Gasteiger partial charge < -0.3 is 5.11 Å². The summed E-state index contributed by atoms with van der Waals surface area (Å²) in [6, 6.07) is 8.24. The van der Waals surface area contributed by atoms with E-state index >= 15 is 0 Å². The maximum atomic E-state index is 10.7. The van der Waals surface area contributed by atoms with Crippen LogP contribution in [0.4, 0.5) is 0 Å². The van der Waals surface area contributed by atoms with Gasteiger partial charge in [0.1, 0.15) is 5.75 Å². The first-order valence-corrected chi connectivity index (χ1v) is 11.8. The number of hydrogen-bond acceptors (Lipinski definition) is 1. The highest BCUT2D eigenvalue weighted by Crippen LogP contribution is 2.71. The molecular formula is C26H38O. The number of rotatable bonds is 5. The smallest absolute Gasteiger partial charge is 0.118 e. The van der Waals surface area contributed by atoms with Crippen molar-refractivity contribution < 1.29 is 5.11 Å². The van der Waals surface area contributed by atoms with Gasteiger partial charge >= 0.3 is 0 Å². The van der Waals surface area contributed by atoms with E-state index in [0.29, 0.717) is 22.5 Å². The minimum atomic E-state index is 0.373. The molecule has 0 radical (unpaired) electrons. The van der Waals surface area contributed by atoms with E-state index in [0.717, 1.165) is 30.1 Å². The van der Waals surface area contributed by atoms with Crippen molar-refractivity contribution in [1.29, 1.82) is 0 Å². The topological polar surface area (TPSA) is 20.2 Å². The van der Waals surface area contributed by atoms with Crippen LogP contribution in [0.3, 0.4) is 0 Å². The molecule has 1 atom stereocenters. The van der Waals surface area contributed by atoms with Crippen molar-refractivity contribution in [3.8, 4) is 5.75 Å². The van der Waals surface area contributed by atoms with Crippen LogP contribution in [0.25, 0.3) is 0 Å². The fourth-order valence-corrected chi connectivity index (χ4v) is 9.15. The fourth-order valence-electron chi connectivity index (χ4n) is 9.15. The zero-order valence-electron chi connectivity index (χ0n) is 17.4. The van der Waals surface area contributed by atoms with Crippen LogP contribution in [0, 0.1) is 40.4 Å². The highest BCUT2D eigenvalue weighted by atomic mass is 16.3. The molecule has 6 rings (SSSR count). The van der Waals surface area contributed by atoms with Crippen LogP contribution in [0.2, 0.25) is 0 Å². The van der Waals surface area contributed by atoms with Gasteiger partial charge in [0, 0.05) is 0 Å². The van der Waals surface area contributed by atoms with Crippen LogP contribution in [0.15, 0.2) is 24.3 Å². The monoisotopic (exact) mass is 366 g/mol. The Bertz CT molecular complexity index is 648. The largest absolute Gasteiger partial charge is 0.508 e. The van der Waals surface area contributed by atoms with Crippen molar-refractivity contribution in [3.05, 3.63) is 29.8 Å². The number of para-hydroxylation sites is 1. The number of aromatic hydroxyl groups is 1. The SMILES string of the molecule is CC(C)C(Cc1ccccc1O)(C1CCCC1)C12CC3CC(CC(C3)C1)C2. The minimum absolute atomic E-state index is 0.373. The Hall–Kier alpha value is -0.980. The number of benzene rings is 1. The molecule has 0 saturated heterocycles. The highest BCUT2D eigenvalue weighted by molar-refractivity contribution is 5.34. The van der Waals surface area contributed by atoms with Crippen LogP contribution in [0.5, 0.6) is 5.75 Å². The molecule has 4 bridgehead atoms. The second-order valence-electron chi connectivity index (χ2n) is 11.2. The van der Waals surface area contributed by atoms with E-state index in [1.807, 2.05) is 12.1 Å². The van der Waals surface area contributed by atoms with Gasteiger partial charge in [-0.1, -0.05) is 44.9 Å². The summed E-state index contributed by atoms with van der Waals surface area (Å²) in [4.78, 5) is 0. The Morgan fingerprint density at radius 2 is 1.52 bits per heavy atom. The Morgan fingerprint density at radius 1 is 0.963 bits per heavy atom. The van der Waals surface area contributed by atoms with Crippen LogP contribution >= 0.6 is 0 Å². The standard InChI is InChI=1S/C26H38O/c1-18(2)26(23-8-4-5-9-23,17-22-7-3-6-10-24(22)27)25-14-19-11-20(15-25)13-21(12-19)16-25/h3,6-7,10,18-21,23,27H,4-5,8-9,11-17H2,1-2H3. The minimum Gasteiger partial charge on any atom is -0.508 e. The van der Waals surface area contributed by atoms with Gasteiger partial charge in [0.2, 0.25) is 0 Å². The third-order valence-corrected chi connectivity index (χ3v) is 9.61. The summed E-state index contributed by atoms with van der Waals surface area (Å²) in [5, 5.41) is 10.7. The molecule has 0 spiro atoms. The third-order valence-electron chi connectivity index (χ3n) is 9.61. The lowest BCUT2D eigenvalue weighted by Gasteiger charge is -2.67. The molecule has 1 nitrogen and oxygen atoms in total. The van der Waals surface area contributed by atoms with E-state index in [9.17, 15) is 5.11 Å². The number of hydrogen-bond donors (Lipinski definition) is 1. The second-order valence-corrected chi connectivity index (χ2v) is 11.2. The zero-order valence-corrected chi connectivity index (χ0v) is 17.4. The van der Waals surface area contributed by atoms with Crippen LogP contribution in [-0.2, 0) is 6.42 Å². The Balaban J connectivity index is 1.62. The molecule has 1 aromatic rings. The lowest BCUT2D eigenvalue weighted by Crippen LogP contribution is -2.59. The van der Waals surface area contributed by atoms with E-state index < -0.39 is 0 Å². The summed E-state index contributed by atoms with van der Waals surface area (Å²) in [6.07, 6.45) is 15.8. The van der Waals surface area contributed by atoms with Crippen molar-refractivity contribution in [2.24, 2.45) is 40.4 Å². The lowest BCUT2D eigenvalue weighted by atomic mass is 9.37. The van der Waals surface area contributed by atoms with Gasteiger partial charge in [-0.15, -0.1) is 0 Å². The summed E-state index contributed by atoms with van der Waals surface area (Å²) in [7, 11) is 0. The maximum absolute atomic E-state index is 10.7. The summed E-state index contributed by atoms with van der Waals surface area (Å²) in [5.74, 6) is 5.08. The quantitative estimate of drug-likeness (QED) is 0.595. The van der Waals surface area contributed by atoms with E-state index in [1.165, 1.54) is 69.8 Å². The molecule has 1 aromatic carbocycles. The molecule has 1 N–H and O–H groups in total. The second kappa shape index (κ2) is 6.53. The van der Waals surface area contributed by atoms with Gasteiger partial charge in [-0.05, 0) is 110 Å². The number of phenolic OH excluding ortho intramolecular Hbond substituents is 1. The number of phenols is 1. The summed E-state index contributed by atoms with van der Waals surface area (Å²) in [6.45, 7) is 5.05. The van der Waals surface area contributed by atoms with Crippen molar-refractivity contribution in [3.63, 3.8) is 0 Å². The van der Waals surface area contributed by atoms with Gasteiger partial charge in [-0.2, -0.15) is 0 Å². The van der Waals surface area contributed by atoms with Crippen LogP contribution in [-0.4, -0.2) is 5.11 Å². The van der Waals surface area contributed by atoms with Crippen LogP contribution < -0.4 is 0 Å². The van der Waals surface area contributed by atoms with Gasteiger partial charge in [0.05, 0.1) is 0 Å². The van der Waals surface area contributed by atoms with Gasteiger partial charge in [-0.25, -0.2) is 0 Å². The van der Waals surface area contributed by atoms with Gasteiger partial charge in [0.15, 0.2) is 0 Å². The van der Waals surface area contributed by atoms with Gasteiger partial charge in [-0.3, -0.25) is 0 Å². The molecule has 5 saturated carbocycles. The summed E-state index contributed by atoms with van der Waals surface area (Å²) in [5.41, 5.74) is 2.12. The molecule has 27 heavy (non-hydrogen) atoms. The molecule has 5 aliphatic carbocycles. The molecule has 1 heteroatoms. The zero-order chi connectivity index (χ0) is 18.6. The van der Waals surface area contributed by atoms with E-state index in [4.69, 9.17) is 0 Å². The molecule has 5 aliphatic rings. The normalized spacial score (nSPS) is 37.8. The maximum Gasteiger partial charge on any atom is 0.118 e. The highest BCUT2D eigenvalue weighted by Gasteiger charge is 2.63. The van der Waals surface area contributed by atoms with E-state index in [-0.39, 0.29) is 0 Å².